The van der Waals surface area contributed by atoms with Crippen molar-refractivity contribution in [3.63, 3.8) is 0 Å². The lowest BCUT2D eigenvalue weighted by molar-refractivity contribution is -0.193. The average molecular weight is 368 g/mol. The van der Waals surface area contributed by atoms with Gasteiger partial charge in [0, 0.05) is 0 Å². The summed E-state index contributed by atoms with van der Waals surface area (Å²) >= 11 is 0. The van der Waals surface area contributed by atoms with Crippen molar-refractivity contribution in [3.05, 3.63) is 0 Å². The third-order valence-corrected chi connectivity index (χ3v) is 0.728. The van der Waals surface area contributed by atoms with Gasteiger partial charge in [-0.25, -0.2) is 14.4 Å². The van der Waals surface area contributed by atoms with Crippen LogP contribution in [-0.2, 0) is 14.4 Å². The van der Waals surface area contributed by atoms with E-state index < -0.39 is 36.4 Å². The fraction of sp³-hybridized carbons (Fsp3) is 0.500. The Morgan fingerprint density at radius 2 is 0.545 bits per heavy atom. The van der Waals surface area contributed by atoms with Crippen LogP contribution in [0.25, 0.3) is 0 Å². The van der Waals surface area contributed by atoms with Crippen molar-refractivity contribution in [1.82, 2.24) is 0 Å². The van der Waals surface area contributed by atoms with E-state index in [1.165, 1.54) is 0 Å². The smallest absolute Gasteiger partial charge is 0.475 e. The second kappa shape index (κ2) is 10.3. The van der Waals surface area contributed by atoms with Gasteiger partial charge in [-0.05, 0) is 0 Å². The minimum Gasteiger partial charge on any atom is -0.475 e. The van der Waals surface area contributed by atoms with Crippen molar-refractivity contribution in [3.8, 4) is 0 Å². The number of carboxylic acid groups (broad SMARTS) is 3. The number of aliphatic carboxylic acids is 3. The summed E-state index contributed by atoms with van der Waals surface area (Å²) in [6, 6.07) is 0. The van der Waals surface area contributed by atoms with Gasteiger partial charge in [-0.2, -0.15) is 39.5 Å². The molecule has 0 aliphatic carbocycles. The SMILES string of the molecule is O=C(O)C(F)(F)F.O=C(O)C(F)(F)F.O=C(O)C(F)(F)F.[MgH2]. The van der Waals surface area contributed by atoms with E-state index in [9.17, 15) is 39.5 Å². The van der Waals surface area contributed by atoms with Gasteiger partial charge in [0.1, 0.15) is 0 Å². The molecule has 0 radical (unpaired) electrons. The second-order valence-corrected chi connectivity index (χ2v) is 2.41. The Hall–Kier alpha value is -1.45. The highest BCUT2D eigenvalue weighted by atomic mass is 24.3. The van der Waals surface area contributed by atoms with Crippen LogP contribution in [0.3, 0.4) is 0 Å². The zero-order valence-electron chi connectivity index (χ0n) is 8.97. The molecule has 0 aromatic carbocycles. The molecular weight excluding hydrogens is 363 g/mol. The summed E-state index contributed by atoms with van der Waals surface area (Å²) in [5.41, 5.74) is 0. The molecular formula is C6H5F9MgO6. The molecule has 0 aromatic rings. The van der Waals surface area contributed by atoms with Crippen LogP contribution < -0.4 is 0 Å². The summed E-state index contributed by atoms with van der Waals surface area (Å²) in [4.78, 5) is 26.7. The number of halogens is 9. The molecule has 3 N–H and O–H groups in total. The Kier molecular flexibility index (Phi) is 13.4. The number of alkyl halides is 9. The average Bonchev–Trinajstić information content (AvgIpc) is 2.14. The van der Waals surface area contributed by atoms with E-state index in [2.05, 4.69) is 0 Å². The number of hydrogen-bond donors (Lipinski definition) is 3. The topological polar surface area (TPSA) is 112 Å². The molecule has 22 heavy (non-hydrogen) atoms. The molecule has 0 atom stereocenters. The predicted molar refractivity (Wildman–Crippen MR) is 49.6 cm³/mol. The molecule has 16 heteroatoms. The summed E-state index contributed by atoms with van der Waals surface area (Å²) in [5, 5.41) is 21.4. The number of carboxylic acids is 3. The quantitative estimate of drug-likeness (QED) is 0.434. The van der Waals surface area contributed by atoms with Gasteiger partial charge in [0.2, 0.25) is 0 Å². The van der Waals surface area contributed by atoms with Gasteiger partial charge < -0.3 is 15.3 Å². The Bertz CT molecular complexity index is 313. The van der Waals surface area contributed by atoms with Gasteiger partial charge in [0.05, 0.1) is 0 Å². The monoisotopic (exact) mass is 368 g/mol. The molecule has 0 bridgehead atoms. The van der Waals surface area contributed by atoms with Crippen molar-refractivity contribution >= 4 is 41.0 Å². The molecule has 0 unspecified atom stereocenters. The van der Waals surface area contributed by atoms with Gasteiger partial charge in [-0.15, -0.1) is 0 Å². The normalized spacial score (nSPS) is 10.8. The Morgan fingerprint density at radius 3 is 0.545 bits per heavy atom. The molecule has 6 nitrogen and oxygen atoms in total. The van der Waals surface area contributed by atoms with Crippen LogP contribution in [-0.4, -0.2) is 74.8 Å². The first kappa shape index (κ1) is 28.7. The third-order valence-electron chi connectivity index (χ3n) is 0.728. The number of hydrogen-bond acceptors (Lipinski definition) is 3. The highest BCUT2D eigenvalue weighted by Crippen LogP contribution is 2.14. The standard InChI is InChI=1S/3C2HF3O2.Mg.2H/c3*3-2(4,5)1(6)7;;;/h3*(H,6,7);;;. The summed E-state index contributed by atoms with van der Waals surface area (Å²) in [5.74, 6) is -8.27. The van der Waals surface area contributed by atoms with Gasteiger partial charge in [-0.1, -0.05) is 0 Å². The lowest BCUT2D eigenvalue weighted by Gasteiger charge is -1.93. The molecule has 0 heterocycles. The maximum atomic E-state index is 10.6. The first-order valence-electron chi connectivity index (χ1n) is 3.73. The van der Waals surface area contributed by atoms with Crippen LogP contribution in [0.4, 0.5) is 39.5 Å². The van der Waals surface area contributed by atoms with Crippen LogP contribution in [0, 0.1) is 0 Å². The van der Waals surface area contributed by atoms with Crippen LogP contribution in [0.15, 0.2) is 0 Å². The maximum absolute atomic E-state index is 10.6. The summed E-state index contributed by atoms with van der Waals surface area (Å²) < 4.78 is 95.2. The van der Waals surface area contributed by atoms with Gasteiger partial charge in [0.25, 0.3) is 0 Å². The first-order chi connectivity index (χ1) is 8.83. The van der Waals surface area contributed by atoms with Crippen LogP contribution in [0.1, 0.15) is 0 Å². The lowest BCUT2D eigenvalue weighted by Crippen LogP contribution is -2.21. The van der Waals surface area contributed by atoms with E-state index in [4.69, 9.17) is 29.7 Å². The summed E-state index contributed by atoms with van der Waals surface area (Å²) in [6.07, 6.45) is -15.3. The van der Waals surface area contributed by atoms with Crippen molar-refractivity contribution in [1.29, 1.82) is 0 Å². The molecule has 130 valence electrons. The highest BCUT2D eigenvalue weighted by Gasteiger charge is 2.39. The first-order valence-corrected chi connectivity index (χ1v) is 3.73. The molecule has 0 saturated carbocycles. The van der Waals surface area contributed by atoms with Crippen molar-refractivity contribution in [2.24, 2.45) is 0 Å². The fourth-order valence-electron chi connectivity index (χ4n) is 0. The minimum atomic E-state index is -5.08. The van der Waals surface area contributed by atoms with Crippen LogP contribution in [0.5, 0.6) is 0 Å². The van der Waals surface area contributed by atoms with Gasteiger partial charge >= 0.3 is 59.5 Å². The Morgan fingerprint density at radius 1 is 0.500 bits per heavy atom. The van der Waals surface area contributed by atoms with Crippen molar-refractivity contribution in [2.45, 2.75) is 18.5 Å². The predicted octanol–water partition coefficient (Wildman–Crippen LogP) is 0.984. The number of rotatable bonds is 0. The summed E-state index contributed by atoms with van der Waals surface area (Å²) in [6.45, 7) is 0. The van der Waals surface area contributed by atoms with Crippen molar-refractivity contribution in [2.75, 3.05) is 0 Å². The molecule has 0 aromatic heterocycles. The van der Waals surface area contributed by atoms with E-state index in [0.29, 0.717) is 0 Å². The number of carbonyl (C=O) groups is 3. The molecule has 0 aliphatic heterocycles. The molecule has 0 fully saturated rings. The third kappa shape index (κ3) is 20.9. The van der Waals surface area contributed by atoms with E-state index in [1.54, 1.807) is 0 Å². The highest BCUT2D eigenvalue weighted by molar-refractivity contribution is 5.75. The van der Waals surface area contributed by atoms with E-state index in [1.807, 2.05) is 0 Å². The zero-order valence-corrected chi connectivity index (χ0v) is 8.97. The second-order valence-electron chi connectivity index (χ2n) is 2.41. The molecule has 0 saturated heterocycles. The summed E-state index contributed by atoms with van der Waals surface area (Å²) in [7, 11) is 0. The van der Waals surface area contributed by atoms with E-state index in [-0.39, 0.29) is 23.1 Å². The molecule has 0 spiro atoms. The lowest BCUT2D eigenvalue weighted by atomic mass is 10.7. The van der Waals surface area contributed by atoms with E-state index in [0.717, 1.165) is 0 Å². The molecule has 0 rings (SSSR count). The van der Waals surface area contributed by atoms with Crippen molar-refractivity contribution < 1.29 is 69.2 Å². The maximum Gasteiger partial charge on any atom is 0.490 e. The minimum absolute atomic E-state index is 0. The molecule has 0 amide bonds. The Labute approximate surface area is 129 Å². The fourth-order valence-corrected chi connectivity index (χ4v) is 0. The van der Waals surface area contributed by atoms with Crippen LogP contribution in [0.2, 0.25) is 0 Å². The van der Waals surface area contributed by atoms with Gasteiger partial charge in [-0.3, -0.25) is 0 Å². The van der Waals surface area contributed by atoms with Crippen LogP contribution >= 0.6 is 0 Å². The molecule has 0 aliphatic rings. The largest absolute Gasteiger partial charge is 0.490 e. The van der Waals surface area contributed by atoms with Gasteiger partial charge in [0.15, 0.2) is 0 Å². The Balaban J connectivity index is -0.000000108. The van der Waals surface area contributed by atoms with E-state index >= 15 is 0 Å². The zero-order chi connectivity index (χ0) is 18.2.